The van der Waals surface area contributed by atoms with Crippen LogP contribution in [0.15, 0.2) is 67.5 Å². The molecule has 0 saturated heterocycles. The highest BCUT2D eigenvalue weighted by Crippen LogP contribution is 2.61. The van der Waals surface area contributed by atoms with Crippen LogP contribution in [0.3, 0.4) is 0 Å². The molecule has 0 N–H and O–H groups in total. The fraction of sp³-hybridized carbons (Fsp3) is 0.308. The molecule has 2 atom stereocenters. The van der Waals surface area contributed by atoms with E-state index in [4.69, 9.17) is 9.97 Å². The molecule has 2 aliphatic heterocycles. The molecule has 0 saturated carbocycles. The molecule has 0 radical (unpaired) electrons. The van der Waals surface area contributed by atoms with Crippen LogP contribution >= 0.6 is 0 Å². The molecule has 0 fully saturated rings. The van der Waals surface area contributed by atoms with Crippen LogP contribution in [0.1, 0.15) is 37.5 Å². The summed E-state index contributed by atoms with van der Waals surface area (Å²) in [6.07, 6.45) is 5.72. The smallest absolute Gasteiger partial charge is 0.178 e. The molecule has 0 aliphatic carbocycles. The Kier molecular flexibility index (Phi) is 3.88. The number of aromatic nitrogens is 2. The van der Waals surface area contributed by atoms with Gasteiger partial charge in [0.15, 0.2) is 11.6 Å². The number of rotatable bonds is 2. The summed E-state index contributed by atoms with van der Waals surface area (Å²) in [5.41, 5.74) is 5.70. The average molecular weight is 397 g/mol. The average Bonchev–Trinajstić information content (AvgIpc) is 3.08. The van der Waals surface area contributed by atoms with Gasteiger partial charge in [-0.1, -0.05) is 51.1 Å². The number of nitrogens with zero attached hydrogens (tertiary/aromatic N) is 4. The van der Waals surface area contributed by atoms with Crippen LogP contribution in [-0.4, -0.2) is 16.1 Å². The van der Waals surface area contributed by atoms with E-state index in [1.807, 2.05) is 0 Å². The number of anilines is 4. The first-order valence-corrected chi connectivity index (χ1v) is 10.5. The molecule has 4 heteroatoms. The van der Waals surface area contributed by atoms with Crippen molar-refractivity contribution in [3.8, 4) is 0 Å². The summed E-state index contributed by atoms with van der Waals surface area (Å²) in [6.45, 7) is 15.6. The van der Waals surface area contributed by atoms with Crippen LogP contribution < -0.4 is 9.80 Å². The van der Waals surface area contributed by atoms with Gasteiger partial charge in [0.25, 0.3) is 0 Å². The van der Waals surface area contributed by atoms with Gasteiger partial charge < -0.3 is 9.80 Å². The Morgan fingerprint density at radius 1 is 0.900 bits per heavy atom. The monoisotopic (exact) mass is 396 g/mol. The van der Waals surface area contributed by atoms with Gasteiger partial charge >= 0.3 is 0 Å². The maximum absolute atomic E-state index is 4.81. The summed E-state index contributed by atoms with van der Waals surface area (Å²) in [5, 5.41) is 0. The van der Waals surface area contributed by atoms with Gasteiger partial charge in [0, 0.05) is 34.6 Å². The third-order valence-corrected chi connectivity index (χ3v) is 7.21. The summed E-state index contributed by atoms with van der Waals surface area (Å²) < 4.78 is 0. The predicted octanol–water partition coefficient (Wildman–Crippen LogP) is 6.19. The lowest BCUT2D eigenvalue weighted by Gasteiger charge is -2.56. The van der Waals surface area contributed by atoms with Gasteiger partial charge in [-0.15, -0.1) is 6.58 Å². The maximum atomic E-state index is 4.81. The van der Waals surface area contributed by atoms with E-state index in [-0.39, 0.29) is 17.0 Å². The fourth-order valence-electron chi connectivity index (χ4n) is 5.37. The van der Waals surface area contributed by atoms with Crippen molar-refractivity contribution in [1.29, 1.82) is 0 Å². The van der Waals surface area contributed by atoms with E-state index in [0.29, 0.717) is 0 Å². The summed E-state index contributed by atoms with van der Waals surface area (Å²) in [5.74, 6) is 1.82. The molecule has 5 rings (SSSR count). The molecule has 2 aliphatic rings. The summed E-state index contributed by atoms with van der Waals surface area (Å²) in [6, 6.07) is 15.4. The zero-order valence-corrected chi connectivity index (χ0v) is 18.3. The second-order valence-corrected chi connectivity index (χ2v) is 9.31. The quantitative estimate of drug-likeness (QED) is 0.483. The maximum Gasteiger partial charge on any atom is 0.178 e. The molecule has 2 aromatic carbocycles. The molecule has 2 unspecified atom stereocenters. The Balaban J connectivity index is 1.85. The standard InChI is InChI=1S/C26H28N4/c1-7-26(6)20-10-8-9-11-21(20)30-23-22(27-12-13-28-23)29(24(30)25(26,4)5)19-15-17(2)14-18(3)16-19/h7-16,24H,1H2,2-6H3. The number of hydrogen-bond donors (Lipinski definition) is 0. The molecule has 0 spiro atoms. The van der Waals surface area contributed by atoms with Crippen molar-refractivity contribution in [2.75, 3.05) is 9.80 Å². The number of hydrogen-bond acceptors (Lipinski definition) is 4. The first-order chi connectivity index (χ1) is 14.3. The van der Waals surface area contributed by atoms with Crippen molar-refractivity contribution < 1.29 is 0 Å². The largest absolute Gasteiger partial charge is 0.301 e. The zero-order valence-electron chi connectivity index (χ0n) is 18.3. The summed E-state index contributed by atoms with van der Waals surface area (Å²) >= 11 is 0. The topological polar surface area (TPSA) is 32.3 Å². The van der Waals surface area contributed by atoms with Crippen molar-refractivity contribution in [3.63, 3.8) is 0 Å². The van der Waals surface area contributed by atoms with Gasteiger partial charge in [-0.25, -0.2) is 9.97 Å². The van der Waals surface area contributed by atoms with E-state index < -0.39 is 0 Å². The van der Waals surface area contributed by atoms with Crippen LogP contribution in [0.2, 0.25) is 0 Å². The summed E-state index contributed by atoms with van der Waals surface area (Å²) in [7, 11) is 0. The SMILES string of the molecule is C=CC1(C)c2ccccc2N2c3nccnc3N(c3cc(C)cc(C)c3)C2C1(C)C. The van der Waals surface area contributed by atoms with Crippen molar-refractivity contribution in [2.24, 2.45) is 5.41 Å². The third-order valence-electron chi connectivity index (χ3n) is 7.21. The molecule has 3 heterocycles. The van der Waals surface area contributed by atoms with E-state index in [2.05, 4.69) is 99.5 Å². The van der Waals surface area contributed by atoms with Gasteiger partial charge in [-0.05, 0) is 48.7 Å². The van der Waals surface area contributed by atoms with Gasteiger partial charge in [0.1, 0.15) is 6.17 Å². The van der Waals surface area contributed by atoms with Gasteiger partial charge in [-0.3, -0.25) is 0 Å². The highest BCUT2D eigenvalue weighted by atomic mass is 15.5. The third kappa shape index (κ3) is 2.28. The Labute approximate surface area is 178 Å². The van der Waals surface area contributed by atoms with E-state index >= 15 is 0 Å². The lowest BCUT2D eigenvalue weighted by atomic mass is 9.58. The first-order valence-electron chi connectivity index (χ1n) is 10.5. The van der Waals surface area contributed by atoms with E-state index in [1.165, 1.54) is 22.4 Å². The second-order valence-electron chi connectivity index (χ2n) is 9.31. The van der Waals surface area contributed by atoms with Crippen LogP contribution in [0.5, 0.6) is 0 Å². The fourth-order valence-corrected chi connectivity index (χ4v) is 5.37. The first kappa shape index (κ1) is 18.9. The molecule has 1 aromatic heterocycles. The Bertz CT molecular complexity index is 1140. The number of fused-ring (bicyclic) bond motifs is 5. The van der Waals surface area contributed by atoms with Gasteiger partial charge in [0.2, 0.25) is 0 Å². The zero-order chi connectivity index (χ0) is 21.3. The summed E-state index contributed by atoms with van der Waals surface area (Å²) in [4.78, 5) is 14.4. The van der Waals surface area contributed by atoms with Crippen LogP contribution in [0, 0.1) is 19.3 Å². The molecular weight excluding hydrogens is 368 g/mol. The molecule has 0 amide bonds. The molecular formula is C26H28N4. The normalized spacial score (nSPS) is 23.6. The molecule has 4 nitrogen and oxygen atoms in total. The Morgan fingerprint density at radius 3 is 2.13 bits per heavy atom. The van der Waals surface area contributed by atoms with Crippen molar-refractivity contribution in [3.05, 3.63) is 84.2 Å². The molecule has 0 bridgehead atoms. The van der Waals surface area contributed by atoms with Crippen molar-refractivity contribution in [1.82, 2.24) is 9.97 Å². The van der Waals surface area contributed by atoms with Gasteiger partial charge in [-0.2, -0.15) is 0 Å². The van der Waals surface area contributed by atoms with Crippen LogP contribution in [0.25, 0.3) is 0 Å². The Morgan fingerprint density at radius 2 is 1.50 bits per heavy atom. The number of benzene rings is 2. The molecule has 30 heavy (non-hydrogen) atoms. The minimum atomic E-state index is -0.218. The minimum absolute atomic E-state index is 0.0222. The molecule has 152 valence electrons. The van der Waals surface area contributed by atoms with E-state index in [1.54, 1.807) is 12.4 Å². The lowest BCUT2D eigenvalue weighted by Crippen LogP contribution is -2.60. The highest BCUT2D eigenvalue weighted by molar-refractivity contribution is 5.87. The van der Waals surface area contributed by atoms with Crippen molar-refractivity contribution >= 4 is 23.0 Å². The minimum Gasteiger partial charge on any atom is -0.301 e. The number of aryl methyl sites for hydroxylation is 2. The van der Waals surface area contributed by atoms with Crippen LogP contribution in [0.4, 0.5) is 23.0 Å². The van der Waals surface area contributed by atoms with Crippen molar-refractivity contribution in [2.45, 2.75) is 46.2 Å². The van der Waals surface area contributed by atoms with E-state index in [9.17, 15) is 0 Å². The van der Waals surface area contributed by atoms with Crippen LogP contribution in [-0.2, 0) is 5.41 Å². The van der Waals surface area contributed by atoms with E-state index in [0.717, 1.165) is 17.3 Å². The highest BCUT2D eigenvalue weighted by Gasteiger charge is 2.59. The second kappa shape index (κ2) is 6.18. The van der Waals surface area contributed by atoms with Gasteiger partial charge in [0.05, 0.1) is 0 Å². The Hall–Kier alpha value is -3.14. The number of para-hydroxylation sites is 1. The predicted molar refractivity (Wildman–Crippen MR) is 124 cm³/mol. The lowest BCUT2D eigenvalue weighted by molar-refractivity contribution is 0.171. The molecule has 3 aromatic rings. The number of allylic oxidation sites excluding steroid dienone is 1.